The molecule has 2 saturated heterocycles. The number of likely N-dealkylation sites (tertiary alicyclic amines) is 1. The van der Waals surface area contributed by atoms with E-state index >= 15 is 0 Å². The van der Waals surface area contributed by atoms with Gasteiger partial charge in [-0.3, -0.25) is 14.5 Å². The molecule has 2 aliphatic rings. The van der Waals surface area contributed by atoms with Crippen LogP contribution < -0.4 is 16.0 Å². The largest absolute Gasteiger partial charge is 0.378 e. The summed E-state index contributed by atoms with van der Waals surface area (Å²) >= 11 is 0. The minimum Gasteiger partial charge on any atom is -0.378 e. The molecule has 3 rings (SSSR count). The van der Waals surface area contributed by atoms with Gasteiger partial charge in [0.05, 0.1) is 19.8 Å². The molecule has 2 fully saturated rings. The molecular weight excluding hydrogens is 332 g/mol. The number of amides is 2. The van der Waals surface area contributed by atoms with E-state index in [1.165, 1.54) is 12.8 Å². The second kappa shape index (κ2) is 9.66. The highest BCUT2D eigenvalue weighted by Gasteiger charge is 2.21. The highest BCUT2D eigenvalue weighted by molar-refractivity contribution is 5.97. The van der Waals surface area contributed by atoms with Gasteiger partial charge in [-0.05, 0) is 44.1 Å². The second-order valence-corrected chi connectivity index (χ2v) is 6.89. The minimum absolute atomic E-state index is 0.0160. The maximum Gasteiger partial charge on any atom is 0.243 e. The molecular formula is C19H28N4O3. The zero-order valence-corrected chi connectivity index (χ0v) is 15.1. The molecule has 2 amide bonds. The lowest BCUT2D eigenvalue weighted by atomic mass is 10.2. The van der Waals surface area contributed by atoms with Gasteiger partial charge in [0.1, 0.15) is 6.04 Å². The Hall–Kier alpha value is -1.96. The van der Waals surface area contributed by atoms with Gasteiger partial charge >= 0.3 is 0 Å². The van der Waals surface area contributed by atoms with Crippen LogP contribution in [0.1, 0.15) is 25.7 Å². The van der Waals surface area contributed by atoms with E-state index in [1.807, 2.05) is 18.2 Å². The van der Waals surface area contributed by atoms with Gasteiger partial charge in [-0.1, -0.05) is 18.9 Å². The van der Waals surface area contributed by atoms with E-state index in [9.17, 15) is 9.59 Å². The molecule has 0 aromatic heterocycles. The Kier molecular flexibility index (Phi) is 6.99. The first-order chi connectivity index (χ1) is 12.7. The summed E-state index contributed by atoms with van der Waals surface area (Å²) in [4.78, 5) is 26.8. The predicted octanol–water partition coefficient (Wildman–Crippen LogP) is 1.43. The quantitative estimate of drug-likeness (QED) is 0.740. The summed E-state index contributed by atoms with van der Waals surface area (Å²) in [6, 6.07) is 6.90. The molecule has 7 heteroatoms. The van der Waals surface area contributed by atoms with Gasteiger partial charge in [0.25, 0.3) is 0 Å². The first kappa shape index (κ1) is 18.8. The third-order valence-electron chi connectivity index (χ3n) is 4.72. The lowest BCUT2D eigenvalue weighted by molar-refractivity contribution is -0.120. The van der Waals surface area contributed by atoms with Crippen molar-refractivity contribution in [2.75, 3.05) is 50.0 Å². The monoisotopic (exact) mass is 360 g/mol. The fraction of sp³-hybridized carbons (Fsp3) is 0.579. The Morgan fingerprint density at radius 2 is 1.85 bits per heavy atom. The normalized spacial score (nSPS) is 21.6. The van der Waals surface area contributed by atoms with E-state index in [2.05, 4.69) is 20.9 Å². The summed E-state index contributed by atoms with van der Waals surface area (Å²) in [6.45, 7) is 4.06. The molecule has 1 unspecified atom stereocenters. The van der Waals surface area contributed by atoms with E-state index < -0.39 is 0 Å². The number of morpholine rings is 1. The zero-order valence-electron chi connectivity index (χ0n) is 15.1. The molecule has 7 nitrogen and oxygen atoms in total. The van der Waals surface area contributed by atoms with Crippen LogP contribution in [-0.4, -0.2) is 62.1 Å². The van der Waals surface area contributed by atoms with Crippen LogP contribution in [0.15, 0.2) is 24.3 Å². The number of carbonyl (C=O) groups is 2. The van der Waals surface area contributed by atoms with E-state index in [1.54, 1.807) is 6.07 Å². The van der Waals surface area contributed by atoms with E-state index in [-0.39, 0.29) is 17.9 Å². The summed E-state index contributed by atoms with van der Waals surface area (Å²) in [5, 5.41) is 8.93. The van der Waals surface area contributed by atoms with Gasteiger partial charge in [0.2, 0.25) is 11.8 Å². The average molecular weight is 360 g/mol. The number of benzene rings is 1. The van der Waals surface area contributed by atoms with Crippen LogP contribution in [0.3, 0.4) is 0 Å². The summed E-state index contributed by atoms with van der Waals surface area (Å²) in [5.74, 6) is -0.143. The van der Waals surface area contributed by atoms with Crippen molar-refractivity contribution < 1.29 is 14.3 Å². The maximum atomic E-state index is 12.3. The molecule has 0 spiro atoms. The number of hydrogen-bond donors (Lipinski definition) is 3. The van der Waals surface area contributed by atoms with Crippen molar-refractivity contribution in [2.24, 2.45) is 0 Å². The van der Waals surface area contributed by atoms with E-state index in [0.717, 1.165) is 25.9 Å². The number of ether oxygens (including phenoxy) is 1. The Labute approximate surface area is 154 Å². The van der Waals surface area contributed by atoms with Gasteiger partial charge < -0.3 is 20.7 Å². The Balaban J connectivity index is 1.51. The van der Waals surface area contributed by atoms with Crippen molar-refractivity contribution in [3.8, 4) is 0 Å². The van der Waals surface area contributed by atoms with Gasteiger partial charge in [-0.15, -0.1) is 0 Å². The lowest BCUT2D eigenvalue weighted by Crippen LogP contribution is -2.48. The molecule has 0 bridgehead atoms. The first-order valence-corrected chi connectivity index (χ1v) is 9.45. The number of carbonyl (C=O) groups excluding carboxylic acids is 2. The highest BCUT2D eigenvalue weighted by Crippen LogP contribution is 2.16. The molecule has 142 valence electrons. The lowest BCUT2D eigenvalue weighted by Gasteiger charge is -2.23. The van der Waals surface area contributed by atoms with Crippen molar-refractivity contribution in [2.45, 2.75) is 31.7 Å². The van der Waals surface area contributed by atoms with Crippen molar-refractivity contribution in [3.63, 3.8) is 0 Å². The molecule has 2 heterocycles. The predicted molar refractivity (Wildman–Crippen MR) is 101 cm³/mol. The van der Waals surface area contributed by atoms with Crippen molar-refractivity contribution in [3.05, 3.63) is 24.3 Å². The molecule has 0 saturated carbocycles. The number of nitrogens with zero attached hydrogens (tertiary/aromatic N) is 1. The van der Waals surface area contributed by atoms with Crippen molar-refractivity contribution in [1.82, 2.24) is 10.2 Å². The van der Waals surface area contributed by atoms with Crippen LogP contribution >= 0.6 is 0 Å². The smallest absolute Gasteiger partial charge is 0.243 e. The summed E-state index contributed by atoms with van der Waals surface area (Å²) in [6.07, 6.45) is 4.82. The summed E-state index contributed by atoms with van der Waals surface area (Å²) in [7, 11) is 0. The van der Waals surface area contributed by atoms with Gasteiger partial charge in [0, 0.05) is 17.9 Å². The van der Waals surface area contributed by atoms with Crippen molar-refractivity contribution in [1.29, 1.82) is 0 Å². The standard InChI is InChI=1S/C19H28N4O3/c24-18(13-23-9-3-1-2-4-10-23)21-15-6-5-7-16(12-15)22-19(25)17-14-26-11-8-20-17/h5-7,12,17,20H,1-4,8-11,13-14H2,(H,21,24)(H,22,25). The number of rotatable bonds is 5. The SMILES string of the molecule is O=C(CN1CCCCCC1)Nc1cccc(NC(=O)C2COCCN2)c1. The summed E-state index contributed by atoms with van der Waals surface area (Å²) in [5.41, 5.74) is 1.35. The third-order valence-corrected chi connectivity index (χ3v) is 4.72. The molecule has 1 aromatic carbocycles. The molecule has 3 N–H and O–H groups in total. The van der Waals surface area contributed by atoms with Crippen molar-refractivity contribution >= 4 is 23.2 Å². The Morgan fingerprint density at radius 1 is 1.12 bits per heavy atom. The fourth-order valence-electron chi connectivity index (χ4n) is 3.34. The molecule has 0 radical (unpaired) electrons. The Morgan fingerprint density at radius 3 is 2.54 bits per heavy atom. The van der Waals surface area contributed by atoms with Crippen LogP contribution in [0.25, 0.3) is 0 Å². The topological polar surface area (TPSA) is 82.7 Å². The van der Waals surface area contributed by atoms with Crippen LogP contribution in [0.4, 0.5) is 11.4 Å². The van der Waals surface area contributed by atoms with Gasteiger partial charge in [-0.2, -0.15) is 0 Å². The third kappa shape index (κ3) is 5.79. The van der Waals surface area contributed by atoms with Gasteiger partial charge in [0.15, 0.2) is 0 Å². The first-order valence-electron chi connectivity index (χ1n) is 9.45. The number of hydrogen-bond acceptors (Lipinski definition) is 5. The molecule has 26 heavy (non-hydrogen) atoms. The molecule has 0 aliphatic carbocycles. The van der Waals surface area contributed by atoms with E-state index in [0.29, 0.717) is 37.7 Å². The van der Waals surface area contributed by atoms with Crippen LogP contribution in [-0.2, 0) is 14.3 Å². The Bertz CT molecular complexity index is 609. The molecule has 1 aromatic rings. The summed E-state index contributed by atoms with van der Waals surface area (Å²) < 4.78 is 5.31. The van der Waals surface area contributed by atoms with Crippen LogP contribution in [0.5, 0.6) is 0 Å². The number of nitrogens with one attached hydrogen (secondary N) is 3. The van der Waals surface area contributed by atoms with Crippen LogP contribution in [0.2, 0.25) is 0 Å². The van der Waals surface area contributed by atoms with Gasteiger partial charge in [-0.25, -0.2) is 0 Å². The maximum absolute atomic E-state index is 12.3. The fourth-order valence-corrected chi connectivity index (χ4v) is 3.34. The average Bonchev–Trinajstić information content (AvgIpc) is 2.91. The highest BCUT2D eigenvalue weighted by atomic mass is 16.5. The second-order valence-electron chi connectivity index (χ2n) is 6.89. The number of anilines is 2. The van der Waals surface area contributed by atoms with Crippen LogP contribution in [0, 0.1) is 0 Å². The van der Waals surface area contributed by atoms with E-state index in [4.69, 9.17) is 4.74 Å². The molecule has 2 aliphatic heterocycles. The minimum atomic E-state index is -0.343. The molecule has 1 atom stereocenters. The zero-order chi connectivity index (χ0) is 18.2.